The quantitative estimate of drug-likeness (QED) is 0.761. The van der Waals surface area contributed by atoms with E-state index in [0.717, 1.165) is 4.90 Å². The topological polar surface area (TPSA) is 46.6 Å². The summed E-state index contributed by atoms with van der Waals surface area (Å²) >= 11 is 5.88. The van der Waals surface area contributed by atoms with E-state index < -0.39 is 0 Å². The van der Waals surface area contributed by atoms with Gasteiger partial charge in [-0.3, -0.25) is 9.59 Å². The summed E-state index contributed by atoms with van der Waals surface area (Å²) in [5.74, 6) is 0.0571. The minimum absolute atomic E-state index is 0.207. The third kappa shape index (κ3) is 2.26. The van der Waals surface area contributed by atoms with Crippen molar-refractivity contribution in [3.05, 3.63) is 23.2 Å². The molecule has 1 fully saturated rings. The van der Waals surface area contributed by atoms with Crippen molar-refractivity contribution in [3.8, 4) is 5.75 Å². The molecule has 0 aromatic heterocycles. The van der Waals surface area contributed by atoms with Crippen LogP contribution in [0.25, 0.3) is 0 Å². The molecule has 0 spiro atoms. The normalized spacial score (nSPS) is 16.2. The molecule has 1 aliphatic heterocycles. The van der Waals surface area contributed by atoms with E-state index in [1.807, 2.05) is 0 Å². The summed E-state index contributed by atoms with van der Waals surface area (Å²) in [6.45, 7) is 0. The van der Waals surface area contributed by atoms with Crippen LogP contribution >= 0.6 is 11.6 Å². The zero-order valence-corrected chi connectivity index (χ0v) is 10.2. The standard InChI is InChI=1S/C12H12ClNO3/c1-17-10-6-5-8(13)7-9(10)14-11(15)3-2-4-12(14)16/h5-7H,2-4H2,1H3. The van der Waals surface area contributed by atoms with Crippen LogP contribution in [-0.2, 0) is 9.59 Å². The molecular formula is C12H12ClNO3. The lowest BCUT2D eigenvalue weighted by molar-refractivity contribution is -0.129. The van der Waals surface area contributed by atoms with E-state index in [0.29, 0.717) is 35.7 Å². The van der Waals surface area contributed by atoms with Gasteiger partial charge in [0.25, 0.3) is 0 Å². The third-order valence-corrected chi connectivity index (χ3v) is 2.90. The Morgan fingerprint density at radius 2 is 1.88 bits per heavy atom. The molecule has 17 heavy (non-hydrogen) atoms. The summed E-state index contributed by atoms with van der Waals surface area (Å²) in [5, 5.41) is 0.465. The molecule has 0 aliphatic carbocycles. The van der Waals surface area contributed by atoms with Gasteiger partial charge in [0.1, 0.15) is 5.75 Å². The Morgan fingerprint density at radius 3 is 2.47 bits per heavy atom. The van der Waals surface area contributed by atoms with Gasteiger partial charge < -0.3 is 4.74 Å². The zero-order chi connectivity index (χ0) is 12.4. The first-order valence-electron chi connectivity index (χ1n) is 5.33. The van der Waals surface area contributed by atoms with Crippen LogP contribution in [0, 0.1) is 0 Å². The Kier molecular flexibility index (Phi) is 3.33. The highest BCUT2D eigenvalue weighted by Crippen LogP contribution is 2.33. The number of anilines is 1. The molecule has 1 heterocycles. The molecule has 0 atom stereocenters. The molecule has 0 radical (unpaired) electrons. The number of nitrogens with zero attached hydrogens (tertiary/aromatic N) is 1. The van der Waals surface area contributed by atoms with Gasteiger partial charge >= 0.3 is 0 Å². The fourth-order valence-corrected chi connectivity index (χ4v) is 2.03. The lowest BCUT2D eigenvalue weighted by Crippen LogP contribution is -2.40. The van der Waals surface area contributed by atoms with Crippen molar-refractivity contribution in [3.63, 3.8) is 0 Å². The first kappa shape index (κ1) is 11.9. The van der Waals surface area contributed by atoms with Crippen molar-refractivity contribution in [1.82, 2.24) is 0 Å². The second-order valence-corrected chi connectivity index (χ2v) is 4.23. The van der Waals surface area contributed by atoms with E-state index in [2.05, 4.69) is 0 Å². The molecule has 5 heteroatoms. The maximum Gasteiger partial charge on any atom is 0.233 e. The summed E-state index contributed by atoms with van der Waals surface area (Å²) in [6.07, 6.45) is 1.36. The lowest BCUT2D eigenvalue weighted by atomic mass is 10.1. The molecule has 1 aliphatic rings. The van der Waals surface area contributed by atoms with Crippen LogP contribution in [0.4, 0.5) is 5.69 Å². The molecule has 90 valence electrons. The second kappa shape index (κ2) is 4.75. The smallest absolute Gasteiger partial charge is 0.233 e. The highest BCUT2D eigenvalue weighted by atomic mass is 35.5. The molecular weight excluding hydrogens is 242 g/mol. The summed E-state index contributed by atoms with van der Waals surface area (Å²) in [7, 11) is 1.49. The van der Waals surface area contributed by atoms with Crippen molar-refractivity contribution in [2.24, 2.45) is 0 Å². The molecule has 4 nitrogen and oxygen atoms in total. The van der Waals surface area contributed by atoms with Crippen LogP contribution in [-0.4, -0.2) is 18.9 Å². The Bertz CT molecular complexity index is 457. The predicted molar refractivity (Wildman–Crippen MR) is 64.3 cm³/mol. The van der Waals surface area contributed by atoms with Crippen molar-refractivity contribution >= 4 is 29.1 Å². The first-order valence-corrected chi connectivity index (χ1v) is 5.70. The van der Waals surface area contributed by atoms with Gasteiger partial charge in [-0.05, 0) is 24.6 Å². The number of imide groups is 1. The van der Waals surface area contributed by atoms with E-state index in [9.17, 15) is 9.59 Å². The Morgan fingerprint density at radius 1 is 1.24 bits per heavy atom. The lowest BCUT2D eigenvalue weighted by Gasteiger charge is -2.26. The van der Waals surface area contributed by atoms with Gasteiger partial charge in [-0.15, -0.1) is 0 Å². The fourth-order valence-electron chi connectivity index (χ4n) is 1.86. The van der Waals surface area contributed by atoms with Crippen molar-refractivity contribution in [2.75, 3.05) is 12.0 Å². The van der Waals surface area contributed by atoms with Gasteiger partial charge in [0.05, 0.1) is 12.8 Å². The van der Waals surface area contributed by atoms with Gasteiger partial charge in [-0.25, -0.2) is 4.90 Å². The molecule has 1 aromatic carbocycles. The number of ether oxygens (including phenoxy) is 1. The average molecular weight is 254 g/mol. The number of rotatable bonds is 2. The van der Waals surface area contributed by atoms with Crippen LogP contribution in [0.2, 0.25) is 5.02 Å². The number of hydrogen-bond acceptors (Lipinski definition) is 3. The fraction of sp³-hybridized carbons (Fsp3) is 0.333. The molecule has 0 N–H and O–H groups in total. The minimum atomic E-state index is -0.207. The summed E-state index contributed by atoms with van der Waals surface area (Å²) in [4.78, 5) is 24.7. The number of methoxy groups -OCH3 is 1. The van der Waals surface area contributed by atoms with Crippen LogP contribution in [0.3, 0.4) is 0 Å². The summed E-state index contributed by atoms with van der Waals surface area (Å²) < 4.78 is 5.15. The first-order chi connectivity index (χ1) is 8.13. The van der Waals surface area contributed by atoms with Gasteiger partial charge in [0.2, 0.25) is 11.8 Å². The summed E-state index contributed by atoms with van der Waals surface area (Å²) in [6, 6.07) is 4.87. The van der Waals surface area contributed by atoms with Gasteiger partial charge in [-0.1, -0.05) is 11.6 Å². The molecule has 2 rings (SSSR count). The molecule has 0 saturated carbocycles. The third-order valence-electron chi connectivity index (χ3n) is 2.66. The highest BCUT2D eigenvalue weighted by Gasteiger charge is 2.29. The van der Waals surface area contributed by atoms with Crippen LogP contribution in [0.5, 0.6) is 5.75 Å². The van der Waals surface area contributed by atoms with E-state index in [1.165, 1.54) is 7.11 Å². The molecule has 1 aromatic rings. The van der Waals surface area contributed by atoms with Crippen molar-refractivity contribution < 1.29 is 14.3 Å². The number of benzene rings is 1. The molecule has 0 bridgehead atoms. The number of carbonyl (C=O) groups is 2. The maximum atomic E-state index is 11.8. The van der Waals surface area contributed by atoms with E-state index in [4.69, 9.17) is 16.3 Å². The number of amides is 2. The molecule has 2 amide bonds. The number of hydrogen-bond donors (Lipinski definition) is 0. The van der Waals surface area contributed by atoms with E-state index in [1.54, 1.807) is 18.2 Å². The maximum absolute atomic E-state index is 11.8. The van der Waals surface area contributed by atoms with Gasteiger partial charge in [0, 0.05) is 17.9 Å². The monoisotopic (exact) mass is 253 g/mol. The minimum Gasteiger partial charge on any atom is -0.495 e. The van der Waals surface area contributed by atoms with E-state index >= 15 is 0 Å². The summed E-state index contributed by atoms with van der Waals surface area (Å²) in [5.41, 5.74) is 0.426. The Balaban J connectivity index is 2.47. The number of halogens is 1. The highest BCUT2D eigenvalue weighted by molar-refractivity contribution is 6.31. The second-order valence-electron chi connectivity index (χ2n) is 3.79. The van der Waals surface area contributed by atoms with E-state index in [-0.39, 0.29) is 11.8 Å². The Labute approximate surface area is 104 Å². The van der Waals surface area contributed by atoms with Crippen LogP contribution in [0.15, 0.2) is 18.2 Å². The Hall–Kier alpha value is -1.55. The van der Waals surface area contributed by atoms with Gasteiger partial charge in [0.15, 0.2) is 0 Å². The van der Waals surface area contributed by atoms with Gasteiger partial charge in [-0.2, -0.15) is 0 Å². The van der Waals surface area contributed by atoms with Crippen molar-refractivity contribution in [1.29, 1.82) is 0 Å². The average Bonchev–Trinajstić information content (AvgIpc) is 2.29. The van der Waals surface area contributed by atoms with Crippen molar-refractivity contribution in [2.45, 2.75) is 19.3 Å². The largest absolute Gasteiger partial charge is 0.495 e. The number of carbonyl (C=O) groups excluding carboxylic acids is 2. The van der Waals surface area contributed by atoms with Crippen LogP contribution < -0.4 is 9.64 Å². The zero-order valence-electron chi connectivity index (χ0n) is 9.40. The SMILES string of the molecule is COc1ccc(Cl)cc1N1C(=O)CCCC1=O. The number of piperidine rings is 1. The predicted octanol–water partition coefficient (Wildman–Crippen LogP) is 2.39. The van der Waals surface area contributed by atoms with Crippen LogP contribution in [0.1, 0.15) is 19.3 Å². The molecule has 0 unspecified atom stereocenters. The molecule has 1 saturated heterocycles.